The molecule has 4 aromatic carbocycles. The molecule has 0 spiro atoms. The monoisotopic (exact) mass is 572 g/mol. The molecule has 0 heterocycles. The van der Waals surface area contributed by atoms with Crippen molar-refractivity contribution in [1.29, 1.82) is 0 Å². The second-order valence-corrected chi connectivity index (χ2v) is 15.5. The molecule has 0 atom stereocenters. The number of rotatable bonds is 4. The molecule has 35 heavy (non-hydrogen) atoms. The van der Waals surface area contributed by atoms with Crippen LogP contribution < -0.4 is 3.27 Å². The van der Waals surface area contributed by atoms with Gasteiger partial charge >= 0.3 is 205 Å². The maximum Gasteiger partial charge on any atom is -0.147 e. The predicted octanol–water partition coefficient (Wildman–Crippen LogP) is 7.96. The molecule has 6 rings (SSSR count). The average molecular weight is 575 g/mol. The van der Waals surface area contributed by atoms with Crippen LogP contribution in [0.5, 0.6) is 0 Å². The van der Waals surface area contributed by atoms with Gasteiger partial charge in [-0.25, -0.2) is 0 Å². The van der Waals surface area contributed by atoms with E-state index in [0.29, 0.717) is 0 Å². The van der Waals surface area contributed by atoms with Crippen molar-refractivity contribution in [3.63, 3.8) is 0 Å². The van der Waals surface area contributed by atoms with Crippen LogP contribution in [0.15, 0.2) is 119 Å². The molecule has 0 N–H and O–H groups in total. The largest absolute Gasteiger partial charge is 0.147 e. The fourth-order valence-electron chi connectivity index (χ4n) is 5.37. The molecule has 0 fully saturated rings. The predicted molar refractivity (Wildman–Crippen MR) is 152 cm³/mol. The third-order valence-electron chi connectivity index (χ3n) is 7.00. The number of benzene rings is 4. The Balaban J connectivity index is 0.00000144. The SMILES string of the molecule is C/[C](c1ccccc1)=[Zr](\[C]1=CC(c2ccccc2)=CC1)[c]1cccc2c1Cc1ccccc1-2.Cl.Cl. The van der Waals surface area contributed by atoms with Crippen molar-refractivity contribution >= 4 is 36.9 Å². The molecule has 0 aliphatic heterocycles. The summed E-state index contributed by atoms with van der Waals surface area (Å²) in [7, 11) is 0. The summed E-state index contributed by atoms with van der Waals surface area (Å²) in [4.78, 5) is 0. The van der Waals surface area contributed by atoms with Crippen LogP contribution in [0, 0.1) is 0 Å². The summed E-state index contributed by atoms with van der Waals surface area (Å²) in [5.41, 5.74) is 10.1. The van der Waals surface area contributed by atoms with E-state index in [2.05, 4.69) is 122 Å². The Morgan fingerprint density at radius 2 is 1.34 bits per heavy atom. The van der Waals surface area contributed by atoms with Crippen molar-refractivity contribution in [3.8, 4) is 11.1 Å². The van der Waals surface area contributed by atoms with E-state index >= 15 is 0 Å². The minimum atomic E-state index is -2.35. The molecule has 0 aromatic heterocycles. The van der Waals surface area contributed by atoms with Crippen LogP contribution in [0.3, 0.4) is 0 Å². The third kappa shape index (κ3) is 4.88. The zero-order valence-corrected chi connectivity index (χ0v) is 23.8. The Morgan fingerprint density at radius 3 is 2.11 bits per heavy atom. The van der Waals surface area contributed by atoms with Crippen molar-refractivity contribution in [2.24, 2.45) is 0 Å². The van der Waals surface area contributed by atoms with E-state index in [-0.39, 0.29) is 24.8 Å². The van der Waals surface area contributed by atoms with Gasteiger partial charge in [0.15, 0.2) is 0 Å². The molecule has 0 nitrogen and oxygen atoms in total. The molecule has 4 aromatic rings. The molecule has 0 bridgehead atoms. The normalized spacial score (nSPS) is 14.0. The molecule has 0 saturated carbocycles. The van der Waals surface area contributed by atoms with Crippen molar-refractivity contribution in [3.05, 3.63) is 141 Å². The molecule has 3 heteroatoms. The molecule has 0 unspecified atom stereocenters. The van der Waals surface area contributed by atoms with Crippen LogP contribution in [0.4, 0.5) is 0 Å². The number of hydrogen-bond acceptors (Lipinski definition) is 0. The first-order chi connectivity index (χ1) is 16.3. The first kappa shape index (κ1) is 25.8. The molecular weight excluding hydrogens is 546 g/mol. The number of fused-ring (bicyclic) bond motifs is 3. The second-order valence-electron chi connectivity index (χ2n) is 8.93. The van der Waals surface area contributed by atoms with Crippen LogP contribution in [0.1, 0.15) is 35.6 Å². The summed E-state index contributed by atoms with van der Waals surface area (Å²) in [6, 6.07) is 38.0. The minimum Gasteiger partial charge on any atom is -0.147 e. The Kier molecular flexibility index (Phi) is 8.23. The van der Waals surface area contributed by atoms with Crippen molar-refractivity contribution < 1.29 is 21.3 Å². The quantitative estimate of drug-likeness (QED) is 0.204. The van der Waals surface area contributed by atoms with E-state index in [1.54, 1.807) is 15.3 Å². The molecular formula is C32H28Cl2Zr. The van der Waals surface area contributed by atoms with E-state index in [0.717, 1.165) is 12.8 Å². The Bertz CT molecular complexity index is 1450. The first-order valence-corrected chi connectivity index (χ1v) is 15.4. The van der Waals surface area contributed by atoms with Gasteiger partial charge in [-0.1, -0.05) is 0 Å². The summed E-state index contributed by atoms with van der Waals surface area (Å²) in [6.45, 7) is 2.41. The summed E-state index contributed by atoms with van der Waals surface area (Å²) >= 11 is -2.35. The van der Waals surface area contributed by atoms with Crippen molar-refractivity contribution in [1.82, 2.24) is 0 Å². The molecule has 174 valence electrons. The van der Waals surface area contributed by atoms with Gasteiger partial charge in [-0.2, -0.15) is 0 Å². The fourth-order valence-corrected chi connectivity index (χ4v) is 12.9. The Hall–Kier alpha value is -2.31. The van der Waals surface area contributed by atoms with E-state index in [4.69, 9.17) is 0 Å². The van der Waals surface area contributed by atoms with E-state index < -0.39 is 21.3 Å². The second kappa shape index (κ2) is 11.2. The summed E-state index contributed by atoms with van der Waals surface area (Å²) in [6.07, 6.45) is 7.12. The molecule has 0 saturated heterocycles. The van der Waals surface area contributed by atoms with Gasteiger partial charge in [0.2, 0.25) is 0 Å². The smallest absolute Gasteiger partial charge is 0.147 e. The third-order valence-corrected chi connectivity index (χ3v) is 14.5. The number of halogens is 2. The molecule has 0 amide bonds. The summed E-state index contributed by atoms with van der Waals surface area (Å²) < 4.78 is 4.96. The van der Waals surface area contributed by atoms with E-state index in [1.165, 1.54) is 33.4 Å². The van der Waals surface area contributed by atoms with Crippen LogP contribution >= 0.6 is 24.8 Å². The van der Waals surface area contributed by atoms with Crippen LogP contribution in [-0.2, 0) is 27.7 Å². The van der Waals surface area contributed by atoms with Gasteiger partial charge in [0.25, 0.3) is 0 Å². The maximum atomic E-state index is 2.53. The van der Waals surface area contributed by atoms with Gasteiger partial charge in [-0.15, -0.1) is 24.8 Å². The van der Waals surface area contributed by atoms with Crippen LogP contribution in [0.25, 0.3) is 16.7 Å². The first-order valence-electron chi connectivity index (χ1n) is 11.7. The molecule has 2 aliphatic rings. The molecule has 2 aliphatic carbocycles. The zero-order valence-electron chi connectivity index (χ0n) is 19.7. The number of allylic oxidation sites excluding steroid dienone is 4. The minimum absolute atomic E-state index is 0. The van der Waals surface area contributed by atoms with Crippen LogP contribution in [-0.4, -0.2) is 3.21 Å². The number of hydrogen-bond donors (Lipinski definition) is 0. The van der Waals surface area contributed by atoms with Gasteiger partial charge in [-0.05, 0) is 0 Å². The summed E-state index contributed by atoms with van der Waals surface area (Å²) in [5.74, 6) is 0. The van der Waals surface area contributed by atoms with Gasteiger partial charge in [-0.3, -0.25) is 0 Å². The molecule has 0 radical (unpaired) electrons. The van der Waals surface area contributed by atoms with Gasteiger partial charge in [0, 0.05) is 0 Å². The van der Waals surface area contributed by atoms with Gasteiger partial charge in [0.05, 0.1) is 0 Å². The maximum absolute atomic E-state index is 2.53. The standard InChI is InChI=1S/C13H9.C11H9.C8H8.2ClH.Zr/c1-3-7-12-10(5-1)9-11-6-2-4-8-13(11)12;1-2-6-10(7-3-1)11-8-4-5-9-11;1-2-8-6-4-3-5-7-8;;;/h1-5,7-8H,9H2;1-3,6-9H,4H2;3-7H,1H3;2*1H;. The van der Waals surface area contributed by atoms with E-state index in [1.807, 2.05) is 0 Å². The van der Waals surface area contributed by atoms with Crippen LogP contribution in [0.2, 0.25) is 0 Å². The topological polar surface area (TPSA) is 0 Å². The van der Waals surface area contributed by atoms with Crippen molar-refractivity contribution in [2.75, 3.05) is 0 Å². The zero-order chi connectivity index (χ0) is 22.2. The van der Waals surface area contributed by atoms with Gasteiger partial charge in [0.1, 0.15) is 0 Å². The van der Waals surface area contributed by atoms with E-state index in [9.17, 15) is 0 Å². The summed E-state index contributed by atoms with van der Waals surface area (Å²) in [5, 5.41) is 0. The average Bonchev–Trinajstić information content (AvgIpc) is 3.51. The Labute approximate surface area is 228 Å². The van der Waals surface area contributed by atoms with Gasteiger partial charge < -0.3 is 0 Å². The Morgan fingerprint density at radius 1 is 0.686 bits per heavy atom. The van der Waals surface area contributed by atoms with Crippen molar-refractivity contribution in [2.45, 2.75) is 19.8 Å². The fraction of sp³-hybridized carbons (Fsp3) is 0.0938.